The highest BCUT2D eigenvalue weighted by molar-refractivity contribution is 7.93. The van der Waals surface area contributed by atoms with Crippen molar-refractivity contribution in [2.24, 2.45) is 0 Å². The number of fused-ring (bicyclic) bond motifs is 3. The van der Waals surface area contributed by atoms with E-state index in [9.17, 15) is 68.4 Å². The maximum atomic E-state index is 13.2. The normalized spacial score (nSPS) is 14.1. The Labute approximate surface area is 705 Å². The molecule has 3 aliphatic rings. The van der Waals surface area contributed by atoms with E-state index >= 15 is 0 Å². The largest absolute Gasteiger partial charge is 0.384 e. The maximum Gasteiger partial charge on any atom is 0.333 e. The molecule has 12 N–H and O–H groups in total. The average Bonchev–Trinajstić information content (AvgIpc) is 1.48. The molecule has 43 heteroatoms. The highest BCUT2D eigenvalue weighted by Crippen LogP contribution is 2.29. The van der Waals surface area contributed by atoms with Crippen LogP contribution in [0.1, 0.15) is 32.1 Å². The van der Waals surface area contributed by atoms with E-state index in [0.29, 0.717) is 39.3 Å². The Kier molecular flexibility index (Phi) is 27.7. The number of nitrogens with one attached hydrogen (secondary N) is 12. The second-order valence-electron chi connectivity index (χ2n) is 27.2. The minimum atomic E-state index is -4.09. The third kappa shape index (κ3) is 22.1. The number of carbonyl (C=O) groups excluding carboxylic acids is 3. The molecule has 3 fully saturated rings. The lowest BCUT2D eigenvalue weighted by atomic mass is 10.1. The Morgan fingerprint density at radius 1 is 0.353 bits per heavy atom. The second kappa shape index (κ2) is 38.4. The first kappa shape index (κ1) is 85.9. The van der Waals surface area contributed by atoms with Gasteiger partial charge in [0.2, 0.25) is 0 Å². The van der Waals surface area contributed by atoms with Crippen molar-refractivity contribution in [3.63, 3.8) is 0 Å². The van der Waals surface area contributed by atoms with Crippen molar-refractivity contribution in [2.75, 3.05) is 124 Å². The van der Waals surface area contributed by atoms with Gasteiger partial charge in [-0.15, -0.1) is 34.0 Å². The Balaban J connectivity index is 0.000000155. The minimum Gasteiger partial charge on any atom is -0.384 e. The molecule has 6 aromatic heterocycles. The molecular weight excluding hydrogens is 1720 g/mol. The number of H-pyrrole nitrogens is 3. The summed E-state index contributed by atoms with van der Waals surface area (Å²) >= 11 is 19.8. The second-order valence-corrected chi connectivity index (χ2v) is 38.0. The highest BCUT2D eigenvalue weighted by Gasteiger charge is 2.25. The van der Waals surface area contributed by atoms with Crippen LogP contribution in [0.5, 0.6) is 0 Å². The van der Waals surface area contributed by atoms with E-state index in [1.165, 1.54) is 141 Å². The summed E-state index contributed by atoms with van der Waals surface area (Å²) in [5.74, 6) is 0. The van der Waals surface area contributed by atoms with Crippen molar-refractivity contribution in [1.82, 2.24) is 57.5 Å². The Bertz CT molecular complexity index is 6240. The molecule has 9 heterocycles. The first-order valence-electron chi connectivity index (χ1n) is 37.0. The van der Waals surface area contributed by atoms with Crippen LogP contribution in [0.15, 0.2) is 205 Å². The van der Waals surface area contributed by atoms with E-state index in [2.05, 4.69) is 61.6 Å². The number of aromatic amines is 3. The van der Waals surface area contributed by atoms with E-state index in [-0.39, 0.29) is 59.8 Å². The van der Waals surface area contributed by atoms with Gasteiger partial charge >= 0.3 is 35.2 Å². The molecular formula is C76H77Cl3N18O16S6. The average molecular weight is 1800 g/mol. The zero-order valence-corrected chi connectivity index (χ0v) is 70.0. The molecule has 0 aliphatic carbocycles. The number of likely N-dealkylation sites (tertiary alicyclic amines) is 2. The molecule has 34 nitrogen and oxygen atoms in total. The predicted octanol–water partition coefficient (Wildman–Crippen LogP) is 9.86. The number of amides is 6. The number of morpholine rings is 1. The molecule has 6 aromatic carbocycles. The zero-order chi connectivity index (χ0) is 84.1. The van der Waals surface area contributed by atoms with Crippen LogP contribution in [0.4, 0.5) is 48.5 Å². The molecule has 0 radical (unpaired) electrons. The Morgan fingerprint density at radius 3 is 0.899 bits per heavy atom. The van der Waals surface area contributed by atoms with E-state index in [0.717, 1.165) is 150 Å². The number of benzene rings is 6. The van der Waals surface area contributed by atoms with E-state index < -0.39 is 81.9 Å². The van der Waals surface area contributed by atoms with Crippen LogP contribution in [0.3, 0.4) is 0 Å². The molecule has 0 unspecified atom stereocenters. The van der Waals surface area contributed by atoms with Crippen molar-refractivity contribution in [3.8, 4) is 17.1 Å². The van der Waals surface area contributed by atoms with Gasteiger partial charge in [0, 0.05) is 86.5 Å². The number of ether oxygens (including phenoxy) is 1. The molecule has 624 valence electrons. The van der Waals surface area contributed by atoms with Gasteiger partial charge in [-0.05, 0) is 216 Å². The summed E-state index contributed by atoms with van der Waals surface area (Å²) in [5.41, 5.74) is 1.94. The van der Waals surface area contributed by atoms with Crippen LogP contribution in [-0.2, 0) is 34.8 Å². The van der Waals surface area contributed by atoms with Crippen LogP contribution in [-0.4, -0.2) is 178 Å². The number of hydrogen-bond acceptors (Lipinski definition) is 25. The number of carbonyl (C=O) groups is 3. The van der Waals surface area contributed by atoms with Gasteiger partial charge in [-0.2, -0.15) is 0 Å². The fourth-order valence-electron chi connectivity index (χ4n) is 13.2. The monoisotopic (exact) mass is 1790 g/mol. The van der Waals surface area contributed by atoms with Gasteiger partial charge < -0.3 is 61.4 Å². The number of halogens is 3. The van der Waals surface area contributed by atoms with Crippen molar-refractivity contribution in [3.05, 3.63) is 239 Å². The Morgan fingerprint density at radius 2 is 0.622 bits per heavy atom. The van der Waals surface area contributed by atoms with Crippen molar-refractivity contribution < 1.29 is 44.4 Å². The third-order valence-electron chi connectivity index (χ3n) is 19.0. The lowest BCUT2D eigenvalue weighted by Gasteiger charge is -2.26. The smallest absolute Gasteiger partial charge is 0.333 e. The molecule has 0 bridgehead atoms. The van der Waals surface area contributed by atoms with Gasteiger partial charge in [-0.25, -0.2) is 81.9 Å². The molecule has 0 atom stereocenters. The van der Waals surface area contributed by atoms with Gasteiger partial charge in [-0.3, -0.25) is 19.3 Å². The molecule has 12 aromatic rings. The number of hydrogen-bond donors (Lipinski definition) is 12. The molecule has 0 saturated carbocycles. The van der Waals surface area contributed by atoms with Crippen LogP contribution < -0.4 is 79.8 Å². The molecule has 3 saturated heterocycles. The van der Waals surface area contributed by atoms with Gasteiger partial charge in [0.05, 0.1) is 76.0 Å². The summed E-state index contributed by atoms with van der Waals surface area (Å²) in [6.45, 7) is 12.7. The Hall–Kier alpha value is -11.0. The standard InChI is InChI=1S/C26H27ClN6O5S2.C25H25ClN6O6S2.C25H25ClN6O5S2/c27-22-10-11-23(39-22)40(37,38)31-25(35)29-17-4-7-19(8-5-17)33-24(34)20-9-6-18(16-21(20)30-26(33)36)28-12-15-32-13-2-1-3-14-32;26-21-7-8-22(39-21)40(36,37)30-24(34)28-16-1-4-18(5-2-16)32-23(33)19-6-3-17(15-20(19)29-25(32)35)27-9-10-31-11-13-38-14-12-31;26-21-9-10-22(38-21)39(36,37)30-24(34)28-16-3-6-18(7-4-16)32-23(33)19-8-5-17(15-20(19)29-25(32)35)27-11-14-31-12-1-2-13-31/h4-11,16,28H,1-3,12-15H2,(H,30,36)(H2,29,31,35);1-8,15,27H,9-14H2,(H,29,35)(H2,28,30,34);3-10,15,27H,1-2,11-14H2,(H,29,35)(H2,28,30,34). The number of nitrogens with zero attached hydrogens (tertiary/aromatic N) is 6. The van der Waals surface area contributed by atoms with Crippen molar-refractivity contribution in [2.45, 2.75) is 44.7 Å². The lowest BCUT2D eigenvalue weighted by Crippen LogP contribution is -2.39. The fraction of sp³-hybridized carbons (Fsp3) is 0.250. The predicted molar refractivity (Wildman–Crippen MR) is 465 cm³/mol. The van der Waals surface area contributed by atoms with Crippen LogP contribution in [0.2, 0.25) is 13.0 Å². The van der Waals surface area contributed by atoms with Gasteiger partial charge in [0.1, 0.15) is 12.6 Å². The summed E-state index contributed by atoms with van der Waals surface area (Å²) in [5, 5.41) is 18.3. The quantitative estimate of drug-likeness (QED) is 0.0267. The fourth-order valence-corrected chi connectivity index (χ4v) is 20.3. The summed E-state index contributed by atoms with van der Waals surface area (Å²) in [6, 6.07) is 38.4. The molecule has 3 aliphatic heterocycles. The third-order valence-corrected chi connectivity index (χ3v) is 28.1. The number of thiophene rings is 3. The van der Waals surface area contributed by atoms with E-state index in [1.807, 2.05) is 20.2 Å². The van der Waals surface area contributed by atoms with Crippen molar-refractivity contribution >= 4 is 184 Å². The van der Waals surface area contributed by atoms with Gasteiger partial charge in [0.25, 0.3) is 46.7 Å². The molecule has 119 heavy (non-hydrogen) atoms. The first-order valence-corrected chi connectivity index (χ1v) is 45.0. The number of rotatable bonds is 24. The minimum absolute atomic E-state index is 0.0988. The number of anilines is 6. The first-order chi connectivity index (χ1) is 57.1. The highest BCUT2D eigenvalue weighted by atomic mass is 35.5. The van der Waals surface area contributed by atoms with E-state index in [1.54, 1.807) is 48.5 Å². The summed E-state index contributed by atoms with van der Waals surface area (Å²) in [7, 11) is -12.2. The number of sulfonamides is 3. The number of urea groups is 3. The lowest BCUT2D eigenvalue weighted by molar-refractivity contribution is 0.0398. The van der Waals surface area contributed by atoms with E-state index in [4.69, 9.17) is 39.5 Å². The number of piperidine rings is 1. The van der Waals surface area contributed by atoms with Crippen LogP contribution >= 0.6 is 68.8 Å². The summed E-state index contributed by atoms with van der Waals surface area (Å²) in [4.78, 5) is 130. The summed E-state index contributed by atoms with van der Waals surface area (Å²) in [6.07, 6.45) is 6.21. The number of aromatic nitrogens is 6. The maximum absolute atomic E-state index is 13.2. The van der Waals surface area contributed by atoms with Crippen molar-refractivity contribution in [1.29, 1.82) is 0 Å². The SMILES string of the molecule is O=C(Nc1ccc(-n2c(=O)[nH]c3cc(NCCN4CCCC4)ccc3c2=O)cc1)NS(=O)(=O)c1ccc(Cl)s1.O=C(Nc1ccc(-n2c(=O)[nH]c3cc(NCCN4CCCCC4)ccc3c2=O)cc1)NS(=O)(=O)c1ccc(Cl)s1.O=C(Nc1ccc(-n2c(=O)[nH]c3cc(NCCN4CCOCC4)ccc3c2=O)cc1)NS(=O)(=O)c1ccc(Cl)s1. The zero-order valence-electron chi connectivity index (χ0n) is 62.8. The van der Waals surface area contributed by atoms with Gasteiger partial charge in [-0.1, -0.05) is 41.2 Å². The topological polar surface area (TPSA) is 445 Å². The molecule has 15 rings (SSSR count). The molecule has 6 amide bonds. The molecule has 0 spiro atoms. The van der Waals surface area contributed by atoms with Gasteiger partial charge in [0.15, 0.2) is 0 Å². The summed E-state index contributed by atoms with van der Waals surface area (Å²) < 4.78 is 88.4. The van der Waals surface area contributed by atoms with Crippen LogP contribution in [0.25, 0.3) is 49.8 Å². The van der Waals surface area contributed by atoms with Crippen LogP contribution in [0, 0.1) is 0 Å².